The fraction of sp³-hybridized carbons (Fsp3) is 0.214. The molecule has 2 amide bonds. The predicted molar refractivity (Wildman–Crippen MR) is 139 cm³/mol. The first-order valence-electron chi connectivity index (χ1n) is 11.6. The van der Waals surface area contributed by atoms with E-state index in [9.17, 15) is 24.3 Å². The normalized spacial score (nSPS) is 27.4. The fourth-order valence-electron chi connectivity index (χ4n) is 6.15. The highest BCUT2D eigenvalue weighted by Gasteiger charge is 2.56. The van der Waals surface area contributed by atoms with E-state index >= 15 is 0 Å². The van der Waals surface area contributed by atoms with Gasteiger partial charge in [-0.3, -0.25) is 24.1 Å². The third kappa shape index (κ3) is 3.34. The Kier molecular flexibility index (Phi) is 5.50. The maximum atomic E-state index is 13.8. The van der Waals surface area contributed by atoms with Gasteiger partial charge < -0.3 is 5.11 Å². The number of imide groups is 1. The number of rotatable bonds is 2. The van der Waals surface area contributed by atoms with Gasteiger partial charge in [0.2, 0.25) is 11.8 Å². The predicted octanol–water partition coefficient (Wildman–Crippen LogP) is 5.12. The molecule has 4 unspecified atom stereocenters. The molecule has 2 aromatic rings. The molecule has 1 heterocycles. The van der Waals surface area contributed by atoms with E-state index in [4.69, 9.17) is 0 Å². The Morgan fingerprint density at radius 3 is 2.42 bits per heavy atom. The maximum absolute atomic E-state index is 13.8. The molecule has 1 saturated heterocycles. The second-order valence-corrected chi connectivity index (χ2v) is 11.2. The molecule has 6 rings (SSSR count). The molecule has 0 radical (unpaired) electrons. The van der Waals surface area contributed by atoms with Crippen LogP contribution in [-0.4, -0.2) is 28.5 Å². The molecule has 1 aliphatic heterocycles. The largest absolute Gasteiger partial charge is 0.508 e. The number of para-hydroxylation sites is 1. The number of allylic oxidation sites excluding steroid dienone is 6. The zero-order valence-electron chi connectivity index (χ0n) is 18.8. The van der Waals surface area contributed by atoms with Crippen LogP contribution < -0.4 is 4.90 Å². The lowest BCUT2D eigenvalue weighted by Gasteiger charge is -2.42. The molecule has 1 fully saturated rings. The minimum atomic E-state index is -0.695. The standard InChI is InChI=1S/C28H19Br2NO5/c29-13-6-9-21(32)18(10-13)23-15-7-8-16-24(28(36)31(27(16)35)14-4-2-1-3-5-14)17(15)11-19-25(23)22(33)12-20(30)26(19)34/h1-7,9-10,12,16-17,23-24,32H,8,11H2. The molecule has 4 aliphatic rings. The van der Waals surface area contributed by atoms with Gasteiger partial charge in [0.1, 0.15) is 5.75 Å². The third-order valence-corrected chi connectivity index (χ3v) is 8.73. The second-order valence-electron chi connectivity index (χ2n) is 9.44. The molecular weight excluding hydrogens is 590 g/mol. The molecular formula is C28H19Br2NO5. The molecule has 4 atom stereocenters. The number of aromatic hydroxyl groups is 1. The summed E-state index contributed by atoms with van der Waals surface area (Å²) in [5, 5.41) is 10.8. The number of fused-ring (bicyclic) bond motifs is 3. The van der Waals surface area contributed by atoms with E-state index < -0.39 is 23.7 Å². The van der Waals surface area contributed by atoms with Gasteiger partial charge in [-0.05, 0) is 65.0 Å². The first kappa shape index (κ1) is 23.3. The molecule has 180 valence electrons. The molecule has 6 nitrogen and oxygen atoms in total. The van der Waals surface area contributed by atoms with Crippen molar-refractivity contribution in [3.63, 3.8) is 0 Å². The van der Waals surface area contributed by atoms with Crippen LogP contribution in [-0.2, 0) is 19.2 Å². The molecule has 0 aromatic heterocycles. The number of anilines is 1. The summed E-state index contributed by atoms with van der Waals surface area (Å²) in [5.41, 5.74) is 2.46. The number of amides is 2. The number of carbonyl (C=O) groups excluding carboxylic acids is 4. The summed E-state index contributed by atoms with van der Waals surface area (Å²) in [6.07, 6.45) is 3.74. The van der Waals surface area contributed by atoms with Gasteiger partial charge in [-0.2, -0.15) is 0 Å². The Morgan fingerprint density at radius 2 is 1.67 bits per heavy atom. The van der Waals surface area contributed by atoms with Crippen LogP contribution in [0.15, 0.2) is 86.4 Å². The van der Waals surface area contributed by atoms with Crippen LogP contribution in [0.4, 0.5) is 5.69 Å². The highest BCUT2D eigenvalue weighted by atomic mass is 79.9. The van der Waals surface area contributed by atoms with Gasteiger partial charge in [-0.1, -0.05) is 45.8 Å². The Morgan fingerprint density at radius 1 is 0.917 bits per heavy atom. The summed E-state index contributed by atoms with van der Waals surface area (Å²) in [7, 11) is 0. The van der Waals surface area contributed by atoms with Gasteiger partial charge in [0.25, 0.3) is 0 Å². The fourth-order valence-corrected chi connectivity index (χ4v) is 6.98. The smallest absolute Gasteiger partial charge is 0.238 e. The molecule has 36 heavy (non-hydrogen) atoms. The van der Waals surface area contributed by atoms with E-state index in [-0.39, 0.29) is 40.0 Å². The number of hydrogen-bond donors (Lipinski definition) is 1. The number of nitrogens with zero attached hydrogens (tertiary/aromatic N) is 1. The molecule has 0 saturated carbocycles. The number of benzene rings is 2. The number of Topliss-reactive ketones (excluding diaryl/α,β-unsaturated/α-hetero) is 1. The van der Waals surface area contributed by atoms with Gasteiger partial charge in [0.15, 0.2) is 11.6 Å². The molecule has 1 N–H and O–H groups in total. The van der Waals surface area contributed by atoms with Gasteiger partial charge in [0, 0.05) is 33.2 Å². The number of halogens is 2. The summed E-state index contributed by atoms with van der Waals surface area (Å²) >= 11 is 6.67. The van der Waals surface area contributed by atoms with Crippen molar-refractivity contribution in [2.45, 2.75) is 18.8 Å². The minimum Gasteiger partial charge on any atom is -0.508 e. The SMILES string of the molecule is O=C1C=C(Br)C(=O)C2=C1C(c1cc(Br)ccc1O)C1=CCC3C(=O)N(c4ccccc4)C(=O)C3C1C2. The second kappa shape index (κ2) is 8.49. The highest BCUT2D eigenvalue weighted by Crippen LogP contribution is 2.56. The van der Waals surface area contributed by atoms with Crippen molar-refractivity contribution < 1.29 is 24.3 Å². The summed E-state index contributed by atoms with van der Waals surface area (Å²) in [5.74, 6) is -3.51. The number of hydrogen-bond acceptors (Lipinski definition) is 5. The number of carbonyl (C=O) groups is 4. The quantitative estimate of drug-likeness (QED) is 0.290. The number of phenols is 1. The molecule has 2 aromatic carbocycles. The van der Waals surface area contributed by atoms with Crippen LogP contribution in [0.1, 0.15) is 24.3 Å². The monoisotopic (exact) mass is 607 g/mol. The van der Waals surface area contributed by atoms with Gasteiger partial charge in [0.05, 0.1) is 22.0 Å². The van der Waals surface area contributed by atoms with E-state index in [1.807, 2.05) is 12.1 Å². The van der Waals surface area contributed by atoms with Crippen LogP contribution in [0.3, 0.4) is 0 Å². The lowest BCUT2D eigenvalue weighted by Crippen LogP contribution is -2.39. The minimum absolute atomic E-state index is 0.00710. The Labute approximate surface area is 223 Å². The maximum Gasteiger partial charge on any atom is 0.238 e. The first-order chi connectivity index (χ1) is 17.3. The van der Waals surface area contributed by atoms with Gasteiger partial charge in [-0.25, -0.2) is 0 Å². The molecule has 8 heteroatoms. The summed E-state index contributed by atoms with van der Waals surface area (Å²) in [4.78, 5) is 54.9. The molecule has 0 spiro atoms. The van der Waals surface area contributed by atoms with E-state index in [0.717, 1.165) is 5.57 Å². The van der Waals surface area contributed by atoms with Crippen LogP contribution >= 0.6 is 31.9 Å². The summed E-state index contributed by atoms with van der Waals surface area (Å²) < 4.78 is 0.880. The van der Waals surface area contributed by atoms with Crippen molar-refractivity contribution >= 4 is 60.9 Å². The number of phenolic OH excluding ortho intramolecular Hbond substituents is 1. The Bertz CT molecular complexity index is 1470. The van der Waals surface area contributed by atoms with Crippen molar-refractivity contribution in [2.75, 3.05) is 4.90 Å². The van der Waals surface area contributed by atoms with Gasteiger partial charge >= 0.3 is 0 Å². The topological polar surface area (TPSA) is 91.8 Å². The van der Waals surface area contributed by atoms with Crippen molar-refractivity contribution in [1.82, 2.24) is 0 Å². The average Bonchev–Trinajstić information content (AvgIpc) is 3.13. The van der Waals surface area contributed by atoms with Crippen molar-refractivity contribution in [3.05, 3.63) is 91.9 Å². The van der Waals surface area contributed by atoms with Crippen molar-refractivity contribution in [1.29, 1.82) is 0 Å². The van der Waals surface area contributed by atoms with Crippen LogP contribution in [0, 0.1) is 17.8 Å². The van der Waals surface area contributed by atoms with E-state index in [1.165, 1.54) is 17.0 Å². The van der Waals surface area contributed by atoms with Gasteiger partial charge in [-0.15, -0.1) is 0 Å². The van der Waals surface area contributed by atoms with Crippen LogP contribution in [0.5, 0.6) is 5.75 Å². The van der Waals surface area contributed by atoms with Crippen LogP contribution in [0.25, 0.3) is 0 Å². The Balaban J connectivity index is 1.52. The summed E-state index contributed by atoms with van der Waals surface area (Å²) in [6, 6.07) is 13.8. The zero-order valence-corrected chi connectivity index (χ0v) is 22.0. The lowest BCUT2D eigenvalue weighted by molar-refractivity contribution is -0.123. The highest BCUT2D eigenvalue weighted by molar-refractivity contribution is 9.12. The lowest BCUT2D eigenvalue weighted by atomic mass is 9.59. The van der Waals surface area contributed by atoms with Crippen molar-refractivity contribution in [3.8, 4) is 5.75 Å². The average molecular weight is 609 g/mol. The Hall–Kier alpha value is -3.10. The van der Waals surface area contributed by atoms with Crippen LogP contribution in [0.2, 0.25) is 0 Å². The first-order valence-corrected chi connectivity index (χ1v) is 13.2. The molecule has 3 aliphatic carbocycles. The van der Waals surface area contributed by atoms with E-state index in [2.05, 4.69) is 31.9 Å². The third-order valence-electron chi connectivity index (χ3n) is 7.65. The zero-order chi connectivity index (χ0) is 25.3. The number of ketones is 2. The van der Waals surface area contributed by atoms with E-state index in [0.29, 0.717) is 33.3 Å². The van der Waals surface area contributed by atoms with E-state index in [1.54, 1.807) is 36.4 Å². The molecule has 0 bridgehead atoms. The van der Waals surface area contributed by atoms with Crippen molar-refractivity contribution in [2.24, 2.45) is 17.8 Å². The summed E-state index contributed by atoms with van der Waals surface area (Å²) in [6.45, 7) is 0.